The number of hydrogen-bond acceptors (Lipinski definition) is 6. The molecule has 152 valence electrons. The molecule has 1 aliphatic heterocycles. The quantitative estimate of drug-likeness (QED) is 0.461. The van der Waals surface area contributed by atoms with Gasteiger partial charge in [0.15, 0.2) is 0 Å². The fraction of sp³-hybridized carbons (Fsp3) is 0.261. The molecule has 0 saturated heterocycles. The van der Waals surface area contributed by atoms with Crippen molar-refractivity contribution >= 4 is 23.7 Å². The molecular formula is C23H24O6. The molecule has 0 aliphatic carbocycles. The minimum Gasteiger partial charge on any atom is -0.507 e. The first-order valence-corrected chi connectivity index (χ1v) is 9.06. The number of fused-ring (bicyclic) bond motifs is 1. The van der Waals surface area contributed by atoms with Crippen LogP contribution in [0, 0.1) is 0 Å². The maximum Gasteiger partial charge on any atom is 0.338 e. The zero-order valence-corrected chi connectivity index (χ0v) is 17.1. The maximum absolute atomic E-state index is 12.5. The van der Waals surface area contributed by atoms with E-state index in [0.29, 0.717) is 33.9 Å². The Kier molecular flexibility index (Phi) is 5.55. The second kappa shape index (κ2) is 7.91. The van der Waals surface area contributed by atoms with Crippen molar-refractivity contribution < 1.29 is 28.8 Å². The Labute approximate surface area is 170 Å². The van der Waals surface area contributed by atoms with Crippen molar-refractivity contribution in [2.75, 3.05) is 21.3 Å². The zero-order valence-electron chi connectivity index (χ0n) is 17.1. The second-order valence-corrected chi connectivity index (χ2v) is 7.07. The number of carbonyl (C=O) groups excluding carboxylic acids is 1. The van der Waals surface area contributed by atoms with Gasteiger partial charge >= 0.3 is 5.97 Å². The number of rotatable bonds is 5. The fourth-order valence-corrected chi connectivity index (χ4v) is 3.11. The molecule has 0 saturated carbocycles. The number of phenolic OH excluding ortho intramolecular Hbond substituents is 1. The van der Waals surface area contributed by atoms with Gasteiger partial charge in [-0.3, -0.25) is 0 Å². The fourth-order valence-electron chi connectivity index (χ4n) is 3.11. The molecule has 6 nitrogen and oxygen atoms in total. The number of methoxy groups -OCH3 is 3. The SMILES string of the molecule is COC(=O)/C(=C\c1ccc2c(c1O)C=CC(C)(C)O2)c1ccc(OC)cc1OC. The number of hydrogen-bond donors (Lipinski definition) is 1. The van der Waals surface area contributed by atoms with Crippen LogP contribution in [0.1, 0.15) is 30.5 Å². The molecule has 2 aromatic rings. The molecule has 6 heteroatoms. The molecule has 1 aliphatic rings. The Morgan fingerprint density at radius 2 is 1.86 bits per heavy atom. The van der Waals surface area contributed by atoms with Gasteiger partial charge in [-0.1, -0.05) is 0 Å². The van der Waals surface area contributed by atoms with Crippen LogP contribution in [-0.2, 0) is 9.53 Å². The summed E-state index contributed by atoms with van der Waals surface area (Å²) < 4.78 is 21.5. The van der Waals surface area contributed by atoms with Crippen molar-refractivity contribution in [1.82, 2.24) is 0 Å². The number of benzene rings is 2. The number of aromatic hydroxyl groups is 1. The van der Waals surface area contributed by atoms with E-state index in [1.165, 1.54) is 14.2 Å². The normalized spacial score (nSPS) is 14.6. The van der Waals surface area contributed by atoms with Gasteiger partial charge in [0.25, 0.3) is 0 Å². The van der Waals surface area contributed by atoms with Crippen molar-refractivity contribution in [2.45, 2.75) is 19.4 Å². The van der Waals surface area contributed by atoms with Gasteiger partial charge in [0.05, 0.1) is 32.5 Å². The molecule has 1 N–H and O–H groups in total. The van der Waals surface area contributed by atoms with Crippen LogP contribution >= 0.6 is 0 Å². The molecule has 29 heavy (non-hydrogen) atoms. The second-order valence-electron chi connectivity index (χ2n) is 7.07. The van der Waals surface area contributed by atoms with Crippen LogP contribution < -0.4 is 14.2 Å². The molecule has 0 aromatic heterocycles. The minimum absolute atomic E-state index is 0.0168. The third-order valence-corrected chi connectivity index (χ3v) is 4.64. The molecule has 0 amide bonds. The van der Waals surface area contributed by atoms with Gasteiger partial charge in [0, 0.05) is 17.2 Å². The van der Waals surface area contributed by atoms with Gasteiger partial charge in [0.1, 0.15) is 28.6 Å². The van der Waals surface area contributed by atoms with E-state index in [4.69, 9.17) is 18.9 Å². The molecule has 0 fully saturated rings. The summed E-state index contributed by atoms with van der Waals surface area (Å²) in [6.07, 6.45) is 5.26. The molecule has 2 aromatic carbocycles. The van der Waals surface area contributed by atoms with Crippen molar-refractivity contribution in [3.63, 3.8) is 0 Å². The summed E-state index contributed by atoms with van der Waals surface area (Å²) >= 11 is 0. The predicted octanol–water partition coefficient (Wildman–Crippen LogP) is 4.31. The highest BCUT2D eigenvalue weighted by Gasteiger charge is 2.25. The molecule has 0 spiro atoms. The standard InChI is InChI=1S/C23H24O6/c1-23(2)11-10-17-19(29-23)9-6-14(21(17)24)12-18(22(25)28-5)16-8-7-15(26-3)13-20(16)27-4/h6-13,24H,1-5H3/b18-12-. The predicted molar refractivity (Wildman–Crippen MR) is 111 cm³/mol. The van der Waals surface area contributed by atoms with E-state index < -0.39 is 11.6 Å². The summed E-state index contributed by atoms with van der Waals surface area (Å²) in [6.45, 7) is 3.87. The molecule has 3 rings (SSSR count). The Bertz CT molecular complexity index is 1000. The highest BCUT2D eigenvalue weighted by molar-refractivity contribution is 6.22. The van der Waals surface area contributed by atoms with Crippen LogP contribution in [0.5, 0.6) is 23.0 Å². The van der Waals surface area contributed by atoms with Crippen LogP contribution in [0.2, 0.25) is 0 Å². The van der Waals surface area contributed by atoms with Crippen molar-refractivity contribution in [1.29, 1.82) is 0 Å². The summed E-state index contributed by atoms with van der Waals surface area (Å²) in [5.74, 6) is 1.08. The Morgan fingerprint density at radius 3 is 2.52 bits per heavy atom. The topological polar surface area (TPSA) is 74.2 Å². The van der Waals surface area contributed by atoms with E-state index in [2.05, 4.69) is 0 Å². The van der Waals surface area contributed by atoms with Crippen molar-refractivity contribution in [3.8, 4) is 23.0 Å². The number of phenols is 1. The van der Waals surface area contributed by atoms with E-state index in [1.807, 2.05) is 26.0 Å². The van der Waals surface area contributed by atoms with E-state index in [-0.39, 0.29) is 11.3 Å². The summed E-state index contributed by atoms with van der Waals surface area (Å²) in [4.78, 5) is 12.5. The molecule has 0 radical (unpaired) electrons. The van der Waals surface area contributed by atoms with Gasteiger partial charge < -0.3 is 24.1 Å². The molecule has 1 heterocycles. The van der Waals surface area contributed by atoms with Gasteiger partial charge in [-0.25, -0.2) is 4.79 Å². The first-order chi connectivity index (χ1) is 13.8. The highest BCUT2D eigenvalue weighted by Crippen LogP contribution is 2.40. The van der Waals surface area contributed by atoms with Gasteiger partial charge in [-0.15, -0.1) is 0 Å². The van der Waals surface area contributed by atoms with E-state index in [1.54, 1.807) is 43.5 Å². The largest absolute Gasteiger partial charge is 0.507 e. The third-order valence-electron chi connectivity index (χ3n) is 4.64. The van der Waals surface area contributed by atoms with Gasteiger partial charge in [0.2, 0.25) is 0 Å². The summed E-state index contributed by atoms with van der Waals surface area (Å²) in [5.41, 5.74) is 1.32. The summed E-state index contributed by atoms with van der Waals surface area (Å²) in [5, 5.41) is 10.8. The van der Waals surface area contributed by atoms with E-state index in [0.717, 1.165) is 0 Å². The molecular weight excluding hydrogens is 372 g/mol. The summed E-state index contributed by atoms with van der Waals surface area (Å²) in [7, 11) is 4.36. The number of ether oxygens (including phenoxy) is 4. The lowest BCUT2D eigenvalue weighted by molar-refractivity contribution is -0.133. The third kappa shape index (κ3) is 4.06. The average Bonchev–Trinajstić information content (AvgIpc) is 2.71. The lowest BCUT2D eigenvalue weighted by atomic mass is 9.97. The Balaban J connectivity index is 2.14. The first-order valence-electron chi connectivity index (χ1n) is 9.06. The van der Waals surface area contributed by atoms with E-state index >= 15 is 0 Å². The van der Waals surface area contributed by atoms with Crippen LogP contribution in [0.25, 0.3) is 17.7 Å². The monoisotopic (exact) mass is 396 g/mol. The number of esters is 1. The Morgan fingerprint density at radius 1 is 1.10 bits per heavy atom. The van der Waals surface area contributed by atoms with Crippen LogP contribution in [0.3, 0.4) is 0 Å². The molecule has 0 bridgehead atoms. The smallest absolute Gasteiger partial charge is 0.338 e. The minimum atomic E-state index is -0.557. The van der Waals surface area contributed by atoms with Crippen molar-refractivity contribution in [2.24, 2.45) is 0 Å². The molecule has 0 unspecified atom stereocenters. The number of carbonyl (C=O) groups is 1. The lowest BCUT2D eigenvalue weighted by Crippen LogP contribution is -2.27. The first kappa shape index (κ1) is 20.3. The van der Waals surface area contributed by atoms with Crippen LogP contribution in [-0.4, -0.2) is 38.0 Å². The maximum atomic E-state index is 12.5. The van der Waals surface area contributed by atoms with Gasteiger partial charge in [-0.05, 0) is 56.3 Å². The van der Waals surface area contributed by atoms with Crippen LogP contribution in [0.15, 0.2) is 36.4 Å². The van der Waals surface area contributed by atoms with E-state index in [9.17, 15) is 9.90 Å². The lowest BCUT2D eigenvalue weighted by Gasteiger charge is -2.28. The zero-order chi connectivity index (χ0) is 21.2. The van der Waals surface area contributed by atoms with Gasteiger partial charge in [-0.2, -0.15) is 0 Å². The van der Waals surface area contributed by atoms with Crippen LogP contribution in [0.4, 0.5) is 0 Å². The highest BCUT2D eigenvalue weighted by atomic mass is 16.5. The average molecular weight is 396 g/mol. The van der Waals surface area contributed by atoms with Crippen molar-refractivity contribution in [3.05, 3.63) is 53.1 Å². The molecule has 0 atom stereocenters. The summed E-state index contributed by atoms with van der Waals surface area (Å²) in [6, 6.07) is 8.58. The Hall–Kier alpha value is -3.41.